The lowest BCUT2D eigenvalue weighted by Crippen LogP contribution is -2.39. The molecule has 0 aliphatic carbocycles. The van der Waals surface area contributed by atoms with Crippen molar-refractivity contribution in [2.24, 2.45) is 0 Å². The van der Waals surface area contributed by atoms with E-state index < -0.39 is 17.7 Å². The van der Waals surface area contributed by atoms with Gasteiger partial charge in [0.1, 0.15) is 11.5 Å². The van der Waals surface area contributed by atoms with Crippen LogP contribution < -0.4 is 25.4 Å². The zero-order chi connectivity index (χ0) is 18.9. The summed E-state index contributed by atoms with van der Waals surface area (Å²) in [5, 5.41) is 7.27. The fourth-order valence-corrected chi connectivity index (χ4v) is 2.07. The highest BCUT2D eigenvalue weighted by atomic mass is 16.5. The Morgan fingerprint density at radius 2 is 1.65 bits per heavy atom. The summed E-state index contributed by atoms with van der Waals surface area (Å²) in [4.78, 5) is 35.6. The van der Waals surface area contributed by atoms with Gasteiger partial charge in [0.15, 0.2) is 0 Å². The van der Waals surface area contributed by atoms with Crippen molar-refractivity contribution in [1.29, 1.82) is 0 Å². The van der Waals surface area contributed by atoms with Gasteiger partial charge in [-0.05, 0) is 24.3 Å². The Hall–Kier alpha value is -3.55. The zero-order valence-corrected chi connectivity index (χ0v) is 14.4. The normalized spacial score (nSPS) is 9.77. The summed E-state index contributed by atoms with van der Waals surface area (Å²) in [6, 6.07) is 13.4. The molecule has 3 amide bonds. The molecular weight excluding hydrogens is 338 g/mol. The molecule has 2 aromatic rings. The van der Waals surface area contributed by atoms with Gasteiger partial charge in [-0.15, -0.1) is 0 Å². The number of amides is 3. The number of ether oxygens (including phenoxy) is 2. The molecule has 136 valence electrons. The lowest BCUT2D eigenvalue weighted by Gasteiger charge is -2.10. The van der Waals surface area contributed by atoms with Crippen LogP contribution in [0.1, 0.15) is 0 Å². The second-order valence-electron chi connectivity index (χ2n) is 5.12. The highest BCUT2D eigenvalue weighted by Crippen LogP contribution is 2.22. The molecule has 0 saturated heterocycles. The first-order chi connectivity index (χ1) is 12.5. The summed E-state index contributed by atoms with van der Waals surface area (Å²) in [5.41, 5.74) is 0.873. The average molecular weight is 357 g/mol. The Morgan fingerprint density at radius 1 is 0.885 bits per heavy atom. The molecular formula is C18H19N3O5. The highest BCUT2D eigenvalue weighted by molar-refractivity contribution is 6.39. The van der Waals surface area contributed by atoms with E-state index in [2.05, 4.69) is 16.0 Å². The first-order valence-electron chi connectivity index (χ1n) is 7.69. The van der Waals surface area contributed by atoms with E-state index in [0.29, 0.717) is 22.9 Å². The molecule has 0 atom stereocenters. The summed E-state index contributed by atoms with van der Waals surface area (Å²) in [7, 11) is 2.98. The van der Waals surface area contributed by atoms with Gasteiger partial charge in [0, 0.05) is 11.8 Å². The lowest BCUT2D eigenvalue weighted by molar-refractivity contribution is -0.136. The molecule has 8 heteroatoms. The smallest absolute Gasteiger partial charge is 0.313 e. The third-order valence-electron chi connectivity index (χ3n) is 3.32. The summed E-state index contributed by atoms with van der Waals surface area (Å²) >= 11 is 0. The van der Waals surface area contributed by atoms with Gasteiger partial charge in [-0.3, -0.25) is 14.4 Å². The van der Waals surface area contributed by atoms with Crippen LogP contribution in [0.3, 0.4) is 0 Å². The SMILES string of the molecule is COc1cccc(NC(=O)C(=O)NCC(=O)Nc2ccccc2OC)c1. The Labute approximate surface area is 150 Å². The molecule has 0 heterocycles. The standard InChI is InChI=1S/C18H19N3O5/c1-25-13-7-5-6-12(10-13)20-18(24)17(23)19-11-16(22)21-14-8-3-4-9-15(14)26-2/h3-10H,11H2,1-2H3,(H,19,23)(H,20,24)(H,21,22). The minimum atomic E-state index is -0.928. The number of anilines is 2. The van der Waals surface area contributed by atoms with E-state index >= 15 is 0 Å². The third-order valence-corrected chi connectivity index (χ3v) is 3.32. The van der Waals surface area contributed by atoms with Gasteiger partial charge in [0.25, 0.3) is 0 Å². The van der Waals surface area contributed by atoms with Crippen molar-refractivity contribution < 1.29 is 23.9 Å². The monoisotopic (exact) mass is 357 g/mol. The van der Waals surface area contributed by atoms with Gasteiger partial charge in [-0.1, -0.05) is 18.2 Å². The van der Waals surface area contributed by atoms with Crippen LogP contribution in [0.2, 0.25) is 0 Å². The number of hydrogen-bond acceptors (Lipinski definition) is 5. The zero-order valence-electron chi connectivity index (χ0n) is 14.4. The second-order valence-corrected chi connectivity index (χ2v) is 5.12. The van der Waals surface area contributed by atoms with Crippen LogP contribution in [0, 0.1) is 0 Å². The van der Waals surface area contributed by atoms with Crippen LogP contribution in [0.15, 0.2) is 48.5 Å². The van der Waals surface area contributed by atoms with Gasteiger partial charge < -0.3 is 25.4 Å². The van der Waals surface area contributed by atoms with Crippen molar-refractivity contribution in [1.82, 2.24) is 5.32 Å². The molecule has 26 heavy (non-hydrogen) atoms. The number of carbonyl (C=O) groups excluding carboxylic acids is 3. The summed E-state index contributed by atoms with van der Waals surface area (Å²) in [6.07, 6.45) is 0. The van der Waals surface area contributed by atoms with Crippen LogP contribution >= 0.6 is 0 Å². The molecule has 0 aliphatic heterocycles. The van der Waals surface area contributed by atoms with Crippen molar-refractivity contribution in [3.63, 3.8) is 0 Å². The van der Waals surface area contributed by atoms with Gasteiger partial charge in [-0.25, -0.2) is 0 Å². The van der Waals surface area contributed by atoms with E-state index in [9.17, 15) is 14.4 Å². The van der Waals surface area contributed by atoms with E-state index in [0.717, 1.165) is 0 Å². The Balaban J connectivity index is 1.85. The van der Waals surface area contributed by atoms with Gasteiger partial charge in [0.05, 0.1) is 26.5 Å². The minimum Gasteiger partial charge on any atom is -0.497 e. The number of benzene rings is 2. The average Bonchev–Trinajstić information content (AvgIpc) is 2.66. The maximum Gasteiger partial charge on any atom is 0.313 e. The van der Waals surface area contributed by atoms with Crippen LogP contribution in [0.5, 0.6) is 11.5 Å². The maximum atomic E-state index is 11.9. The van der Waals surface area contributed by atoms with E-state index in [1.807, 2.05) is 0 Å². The van der Waals surface area contributed by atoms with Gasteiger partial charge in [0.2, 0.25) is 5.91 Å². The second kappa shape index (κ2) is 9.07. The molecule has 2 aromatic carbocycles. The van der Waals surface area contributed by atoms with Crippen molar-refractivity contribution in [3.05, 3.63) is 48.5 Å². The van der Waals surface area contributed by atoms with Crippen LogP contribution in [0.25, 0.3) is 0 Å². The number of methoxy groups -OCH3 is 2. The predicted octanol–water partition coefficient (Wildman–Crippen LogP) is 1.40. The minimum absolute atomic E-state index is 0.359. The van der Waals surface area contributed by atoms with Crippen molar-refractivity contribution >= 4 is 29.1 Å². The molecule has 0 bridgehead atoms. The molecule has 2 rings (SSSR count). The first kappa shape index (κ1) is 18.8. The molecule has 0 unspecified atom stereocenters. The molecule has 0 saturated carbocycles. The number of rotatable bonds is 6. The Morgan fingerprint density at radius 3 is 2.38 bits per heavy atom. The lowest BCUT2D eigenvalue weighted by atomic mass is 10.3. The van der Waals surface area contributed by atoms with E-state index in [1.165, 1.54) is 14.2 Å². The predicted molar refractivity (Wildman–Crippen MR) is 96.3 cm³/mol. The Kier molecular flexibility index (Phi) is 6.55. The van der Waals surface area contributed by atoms with Crippen LogP contribution in [0.4, 0.5) is 11.4 Å². The number of carbonyl (C=O) groups is 3. The maximum absolute atomic E-state index is 11.9. The van der Waals surface area contributed by atoms with E-state index in [-0.39, 0.29) is 6.54 Å². The molecule has 0 spiro atoms. The number of nitrogens with one attached hydrogen (secondary N) is 3. The number of hydrogen-bond donors (Lipinski definition) is 3. The highest BCUT2D eigenvalue weighted by Gasteiger charge is 2.15. The summed E-state index contributed by atoms with van der Waals surface area (Å²) in [5.74, 6) is -1.27. The quantitative estimate of drug-likeness (QED) is 0.678. The van der Waals surface area contributed by atoms with Crippen molar-refractivity contribution in [2.75, 3.05) is 31.4 Å². The fourth-order valence-electron chi connectivity index (χ4n) is 2.07. The summed E-state index contributed by atoms with van der Waals surface area (Å²) < 4.78 is 10.2. The topological polar surface area (TPSA) is 106 Å². The van der Waals surface area contributed by atoms with E-state index in [1.54, 1.807) is 48.5 Å². The number of para-hydroxylation sites is 2. The summed E-state index contributed by atoms with van der Waals surface area (Å²) in [6.45, 7) is -0.359. The largest absolute Gasteiger partial charge is 0.497 e. The van der Waals surface area contributed by atoms with Crippen molar-refractivity contribution in [2.45, 2.75) is 0 Å². The molecule has 0 aliphatic rings. The molecule has 0 radical (unpaired) electrons. The van der Waals surface area contributed by atoms with Crippen molar-refractivity contribution in [3.8, 4) is 11.5 Å². The van der Waals surface area contributed by atoms with Gasteiger partial charge in [-0.2, -0.15) is 0 Å². The third kappa shape index (κ3) is 5.23. The molecule has 3 N–H and O–H groups in total. The Bertz CT molecular complexity index is 807. The van der Waals surface area contributed by atoms with Gasteiger partial charge >= 0.3 is 11.8 Å². The molecule has 8 nitrogen and oxygen atoms in total. The van der Waals surface area contributed by atoms with Crippen LogP contribution in [-0.4, -0.2) is 38.5 Å². The van der Waals surface area contributed by atoms with E-state index in [4.69, 9.17) is 9.47 Å². The fraction of sp³-hybridized carbons (Fsp3) is 0.167. The molecule has 0 aromatic heterocycles. The van der Waals surface area contributed by atoms with Crippen LogP contribution in [-0.2, 0) is 14.4 Å². The first-order valence-corrected chi connectivity index (χ1v) is 7.69. The molecule has 0 fully saturated rings.